The summed E-state index contributed by atoms with van der Waals surface area (Å²) in [6.07, 6.45) is 1.11. The fraction of sp³-hybridized carbons (Fsp3) is 0.438. The summed E-state index contributed by atoms with van der Waals surface area (Å²) >= 11 is 0. The molecule has 23 heavy (non-hydrogen) atoms. The van der Waals surface area contributed by atoms with Gasteiger partial charge in [0, 0.05) is 0 Å². The standard InChI is InChI=1S/C16H18N2O5/c1-2-22-16(21)13-11-8-9-12(14(19)17-13)18(11)23-15(20)10-6-4-3-5-7-10/h3-7,11-13H,2,8-9H2,1H3,(H,17,19). The number of carbonyl (C=O) groups is 3. The number of esters is 1. The minimum atomic E-state index is -0.815. The zero-order valence-electron chi connectivity index (χ0n) is 12.7. The molecule has 0 aromatic heterocycles. The second-order valence-electron chi connectivity index (χ2n) is 5.50. The SMILES string of the molecule is CCOC(=O)C1NC(=O)C2CCC1N2OC(=O)c1ccccc1. The normalized spacial score (nSPS) is 26.5. The predicted octanol–water partition coefficient (Wildman–Crippen LogP) is 0.653. The Morgan fingerprint density at radius 3 is 2.70 bits per heavy atom. The molecule has 1 N–H and O–H groups in total. The summed E-state index contributed by atoms with van der Waals surface area (Å²) in [5.41, 5.74) is 0.394. The van der Waals surface area contributed by atoms with Gasteiger partial charge in [-0.3, -0.25) is 4.79 Å². The number of rotatable bonds is 4. The Balaban J connectivity index is 1.77. The Bertz CT molecular complexity index is 618. The fourth-order valence-electron chi connectivity index (χ4n) is 3.02. The molecule has 0 radical (unpaired) electrons. The van der Waals surface area contributed by atoms with E-state index in [9.17, 15) is 14.4 Å². The topological polar surface area (TPSA) is 84.9 Å². The Kier molecular flexibility index (Phi) is 4.29. The molecule has 1 amide bonds. The first-order valence-corrected chi connectivity index (χ1v) is 7.64. The molecule has 2 bridgehead atoms. The summed E-state index contributed by atoms with van der Waals surface area (Å²) in [6, 6.07) is 6.76. The molecule has 2 aliphatic heterocycles. The van der Waals surface area contributed by atoms with Gasteiger partial charge in [-0.05, 0) is 31.9 Å². The molecule has 3 atom stereocenters. The first kappa shape index (κ1) is 15.5. The number of amides is 1. The average Bonchev–Trinajstić information content (AvgIpc) is 2.87. The van der Waals surface area contributed by atoms with Crippen molar-refractivity contribution in [2.75, 3.05) is 6.61 Å². The number of nitrogens with one attached hydrogen (secondary N) is 1. The van der Waals surface area contributed by atoms with Crippen LogP contribution in [-0.4, -0.2) is 47.6 Å². The van der Waals surface area contributed by atoms with Crippen LogP contribution < -0.4 is 5.32 Å². The maximum Gasteiger partial charge on any atom is 0.357 e. The molecule has 2 heterocycles. The smallest absolute Gasteiger partial charge is 0.357 e. The number of carbonyl (C=O) groups excluding carboxylic acids is 3. The van der Waals surface area contributed by atoms with Gasteiger partial charge in [0.25, 0.3) is 0 Å². The Labute approximate surface area is 133 Å². The monoisotopic (exact) mass is 318 g/mol. The third kappa shape index (κ3) is 2.92. The van der Waals surface area contributed by atoms with E-state index >= 15 is 0 Å². The summed E-state index contributed by atoms with van der Waals surface area (Å²) in [7, 11) is 0. The Hall–Kier alpha value is -2.41. The molecule has 2 aliphatic rings. The Morgan fingerprint density at radius 1 is 1.26 bits per heavy atom. The zero-order chi connectivity index (χ0) is 16.4. The summed E-state index contributed by atoms with van der Waals surface area (Å²) in [6.45, 7) is 1.93. The van der Waals surface area contributed by atoms with E-state index in [4.69, 9.17) is 9.57 Å². The summed E-state index contributed by atoms with van der Waals surface area (Å²) in [5, 5.41) is 4.02. The molecule has 2 saturated heterocycles. The van der Waals surface area contributed by atoms with Crippen molar-refractivity contribution in [2.45, 2.75) is 37.9 Å². The molecule has 0 spiro atoms. The van der Waals surface area contributed by atoms with Crippen LogP contribution in [0.5, 0.6) is 0 Å². The third-order valence-electron chi connectivity index (χ3n) is 4.09. The fourth-order valence-corrected chi connectivity index (χ4v) is 3.02. The van der Waals surface area contributed by atoms with Crippen molar-refractivity contribution in [3.05, 3.63) is 35.9 Å². The van der Waals surface area contributed by atoms with E-state index in [-0.39, 0.29) is 12.5 Å². The van der Waals surface area contributed by atoms with Gasteiger partial charge in [0.2, 0.25) is 5.91 Å². The van der Waals surface area contributed by atoms with Crippen molar-refractivity contribution in [1.82, 2.24) is 10.4 Å². The van der Waals surface area contributed by atoms with Gasteiger partial charge >= 0.3 is 11.9 Å². The van der Waals surface area contributed by atoms with Gasteiger partial charge < -0.3 is 14.9 Å². The van der Waals surface area contributed by atoms with Crippen molar-refractivity contribution in [1.29, 1.82) is 0 Å². The van der Waals surface area contributed by atoms with Crippen molar-refractivity contribution < 1.29 is 24.0 Å². The van der Waals surface area contributed by atoms with Gasteiger partial charge in [0.1, 0.15) is 12.1 Å². The number of fused-ring (bicyclic) bond motifs is 2. The minimum absolute atomic E-state index is 0.227. The average molecular weight is 318 g/mol. The van der Waals surface area contributed by atoms with Gasteiger partial charge in [-0.15, -0.1) is 5.06 Å². The predicted molar refractivity (Wildman–Crippen MR) is 79.1 cm³/mol. The highest BCUT2D eigenvalue weighted by Crippen LogP contribution is 2.31. The maximum absolute atomic E-state index is 12.2. The van der Waals surface area contributed by atoms with Crippen molar-refractivity contribution in [2.24, 2.45) is 0 Å². The van der Waals surface area contributed by atoms with Crippen LogP contribution in [0.3, 0.4) is 0 Å². The number of nitrogens with zero attached hydrogens (tertiary/aromatic N) is 1. The number of ether oxygens (including phenoxy) is 1. The molecule has 122 valence electrons. The maximum atomic E-state index is 12.2. The van der Waals surface area contributed by atoms with E-state index in [0.717, 1.165) is 0 Å². The Morgan fingerprint density at radius 2 is 2.00 bits per heavy atom. The van der Waals surface area contributed by atoms with Gasteiger partial charge in [0.15, 0.2) is 0 Å². The lowest BCUT2D eigenvalue weighted by Crippen LogP contribution is -2.63. The third-order valence-corrected chi connectivity index (χ3v) is 4.09. The molecule has 0 saturated carbocycles. The molecule has 0 aliphatic carbocycles. The van der Waals surface area contributed by atoms with Crippen molar-refractivity contribution in [3.8, 4) is 0 Å². The summed E-state index contributed by atoms with van der Waals surface area (Å²) < 4.78 is 5.00. The first-order valence-electron chi connectivity index (χ1n) is 7.64. The molecule has 2 fully saturated rings. The first-order chi connectivity index (χ1) is 11.1. The van der Waals surface area contributed by atoms with Crippen molar-refractivity contribution in [3.63, 3.8) is 0 Å². The van der Waals surface area contributed by atoms with Crippen molar-refractivity contribution >= 4 is 17.8 Å². The highest BCUT2D eigenvalue weighted by atomic mass is 16.7. The van der Waals surface area contributed by atoms with Crippen LogP contribution in [0.25, 0.3) is 0 Å². The lowest BCUT2D eigenvalue weighted by molar-refractivity contribution is -0.184. The second-order valence-corrected chi connectivity index (χ2v) is 5.50. The number of benzene rings is 1. The van der Waals surface area contributed by atoms with Crippen LogP contribution in [0.15, 0.2) is 30.3 Å². The van der Waals surface area contributed by atoms with Crippen LogP contribution >= 0.6 is 0 Å². The van der Waals surface area contributed by atoms with Gasteiger partial charge in [-0.1, -0.05) is 18.2 Å². The van der Waals surface area contributed by atoms with Crippen LogP contribution in [0.1, 0.15) is 30.1 Å². The van der Waals surface area contributed by atoms with Gasteiger partial charge in [0.05, 0.1) is 18.2 Å². The quantitative estimate of drug-likeness (QED) is 0.821. The highest BCUT2D eigenvalue weighted by Gasteiger charge is 2.52. The lowest BCUT2D eigenvalue weighted by atomic mass is 10.1. The molecule has 7 heteroatoms. The lowest BCUT2D eigenvalue weighted by Gasteiger charge is -2.36. The minimum Gasteiger partial charge on any atom is -0.464 e. The summed E-state index contributed by atoms with van der Waals surface area (Å²) in [5.74, 6) is -1.37. The molecular formula is C16H18N2O5. The molecule has 3 rings (SSSR count). The molecule has 7 nitrogen and oxygen atoms in total. The van der Waals surface area contributed by atoms with Crippen LogP contribution in [0, 0.1) is 0 Å². The molecule has 3 unspecified atom stereocenters. The molecule has 1 aromatic rings. The van der Waals surface area contributed by atoms with Crippen LogP contribution in [0.4, 0.5) is 0 Å². The van der Waals surface area contributed by atoms with Gasteiger partial charge in [-0.2, -0.15) is 0 Å². The number of piperazine rings is 1. The van der Waals surface area contributed by atoms with E-state index in [0.29, 0.717) is 18.4 Å². The zero-order valence-corrected chi connectivity index (χ0v) is 12.7. The largest absolute Gasteiger partial charge is 0.464 e. The number of hydroxylamine groups is 2. The highest BCUT2D eigenvalue weighted by molar-refractivity contribution is 5.92. The van der Waals surface area contributed by atoms with Gasteiger partial charge in [-0.25, -0.2) is 9.59 Å². The van der Waals surface area contributed by atoms with E-state index in [2.05, 4.69) is 5.32 Å². The van der Waals surface area contributed by atoms with Crippen LogP contribution in [0.2, 0.25) is 0 Å². The molecule has 1 aromatic carbocycles. The molecular weight excluding hydrogens is 300 g/mol. The van der Waals surface area contributed by atoms with Crippen LogP contribution in [-0.2, 0) is 19.2 Å². The second kappa shape index (κ2) is 6.37. The van der Waals surface area contributed by atoms with E-state index in [1.807, 2.05) is 0 Å². The van der Waals surface area contributed by atoms with E-state index in [1.165, 1.54) is 5.06 Å². The van der Waals surface area contributed by atoms with E-state index < -0.39 is 30.1 Å². The summed E-state index contributed by atoms with van der Waals surface area (Å²) in [4.78, 5) is 41.8. The van der Waals surface area contributed by atoms with E-state index in [1.54, 1.807) is 37.3 Å². The number of hydrogen-bond acceptors (Lipinski definition) is 6. The number of hydrogen-bond donors (Lipinski definition) is 1.